The molecule has 0 aliphatic heterocycles. The summed E-state index contributed by atoms with van der Waals surface area (Å²) in [6.45, 7) is 8.45. The van der Waals surface area contributed by atoms with Gasteiger partial charge in [-0.15, -0.1) is 0 Å². The van der Waals surface area contributed by atoms with Crippen molar-refractivity contribution in [3.8, 4) is 0 Å². The molecule has 7 nitrogen and oxygen atoms in total. The molecule has 0 atom stereocenters. The topological polar surface area (TPSA) is 113 Å². The molecule has 0 saturated carbocycles. The Morgan fingerprint density at radius 1 is 1.17 bits per heavy atom. The van der Waals surface area contributed by atoms with Crippen LogP contribution in [-0.4, -0.2) is 37.0 Å². The van der Waals surface area contributed by atoms with Gasteiger partial charge in [-0.2, -0.15) is 0 Å². The predicted molar refractivity (Wildman–Crippen MR) is 86.1 cm³/mol. The molecule has 0 spiro atoms. The lowest BCUT2D eigenvalue weighted by molar-refractivity contribution is 0.0691. The molecule has 0 bridgehead atoms. The number of carboxylic acids is 1. The van der Waals surface area contributed by atoms with Crippen molar-refractivity contribution in [3.63, 3.8) is 0 Å². The van der Waals surface area contributed by atoms with E-state index in [0.29, 0.717) is 0 Å². The summed E-state index contributed by atoms with van der Waals surface area (Å²) in [6, 6.07) is 3.36. The van der Waals surface area contributed by atoms with Crippen molar-refractivity contribution in [2.45, 2.75) is 51.1 Å². The zero-order chi connectivity index (χ0) is 18.0. The van der Waals surface area contributed by atoms with Crippen molar-refractivity contribution >= 4 is 21.9 Å². The molecule has 0 aliphatic rings. The van der Waals surface area contributed by atoms with Crippen molar-refractivity contribution in [2.24, 2.45) is 0 Å². The zero-order valence-electron chi connectivity index (χ0n) is 13.8. The van der Waals surface area contributed by atoms with Crippen LogP contribution < -0.4 is 10.0 Å². The largest absolute Gasteiger partial charge is 0.478 e. The number of carbonyl (C=O) groups is 2. The van der Waals surface area contributed by atoms with Gasteiger partial charge in [-0.05, 0) is 52.8 Å². The molecule has 1 amide bonds. The summed E-state index contributed by atoms with van der Waals surface area (Å²) in [5.41, 5.74) is -1.09. The Morgan fingerprint density at radius 3 is 2.17 bits per heavy atom. The lowest BCUT2D eigenvalue weighted by Crippen LogP contribution is -2.41. The molecule has 1 aromatic rings. The molecule has 1 aromatic carbocycles. The van der Waals surface area contributed by atoms with Crippen LogP contribution >= 0.6 is 0 Å². The third-order valence-corrected chi connectivity index (χ3v) is 4.42. The van der Waals surface area contributed by atoms with Gasteiger partial charge in [-0.1, -0.05) is 0 Å². The van der Waals surface area contributed by atoms with Gasteiger partial charge in [0, 0.05) is 17.1 Å². The highest BCUT2D eigenvalue weighted by atomic mass is 32.2. The summed E-state index contributed by atoms with van der Waals surface area (Å²) in [6.07, 6.45) is 0. The Morgan fingerprint density at radius 2 is 1.74 bits per heavy atom. The number of aromatic carboxylic acids is 1. The maximum atomic E-state index is 12.5. The molecule has 0 saturated heterocycles. The van der Waals surface area contributed by atoms with E-state index in [1.807, 2.05) is 0 Å². The lowest BCUT2D eigenvalue weighted by atomic mass is 10.1. The number of rotatable bonds is 5. The third kappa shape index (κ3) is 5.33. The number of hydrogen-bond acceptors (Lipinski definition) is 4. The van der Waals surface area contributed by atoms with Crippen LogP contribution in [0.1, 0.15) is 55.3 Å². The molecule has 3 N–H and O–H groups in total. The summed E-state index contributed by atoms with van der Waals surface area (Å²) in [7, 11) is -4.09. The Balaban J connectivity index is 3.43. The van der Waals surface area contributed by atoms with E-state index in [1.165, 1.54) is 6.07 Å². The van der Waals surface area contributed by atoms with E-state index in [9.17, 15) is 23.1 Å². The minimum atomic E-state index is -4.09. The summed E-state index contributed by atoms with van der Waals surface area (Å²) < 4.78 is 27.3. The normalized spacial score (nSPS) is 12.3. The van der Waals surface area contributed by atoms with Crippen molar-refractivity contribution in [3.05, 3.63) is 29.3 Å². The minimum absolute atomic E-state index is 0.0815. The van der Waals surface area contributed by atoms with Crippen LogP contribution in [0, 0.1) is 0 Å². The number of carboxylic acid groups (broad SMARTS) is 1. The molecular weight excluding hydrogens is 320 g/mol. The van der Waals surface area contributed by atoms with Crippen LogP contribution in [0.15, 0.2) is 23.1 Å². The van der Waals surface area contributed by atoms with Crippen molar-refractivity contribution < 1.29 is 23.1 Å². The molecule has 128 valence electrons. The number of sulfonamides is 1. The van der Waals surface area contributed by atoms with Gasteiger partial charge in [0.1, 0.15) is 0 Å². The smallest absolute Gasteiger partial charge is 0.337 e. The molecular formula is C15H22N2O5S. The van der Waals surface area contributed by atoms with Gasteiger partial charge in [-0.25, -0.2) is 17.9 Å². The zero-order valence-corrected chi connectivity index (χ0v) is 14.6. The monoisotopic (exact) mass is 342 g/mol. The van der Waals surface area contributed by atoms with Crippen LogP contribution in [0.2, 0.25) is 0 Å². The second-order valence-electron chi connectivity index (χ2n) is 6.50. The van der Waals surface area contributed by atoms with E-state index in [4.69, 9.17) is 0 Å². The Bertz CT molecular complexity index is 718. The molecule has 23 heavy (non-hydrogen) atoms. The number of benzene rings is 1. The molecule has 8 heteroatoms. The first kappa shape index (κ1) is 19.1. The number of carbonyl (C=O) groups excluding carboxylic acids is 1. The molecule has 0 aliphatic carbocycles. The highest BCUT2D eigenvalue weighted by Crippen LogP contribution is 2.20. The third-order valence-electron chi connectivity index (χ3n) is 2.62. The highest BCUT2D eigenvalue weighted by Gasteiger charge is 2.28. The summed E-state index contributed by atoms with van der Waals surface area (Å²) in [5.74, 6) is -1.85. The summed E-state index contributed by atoms with van der Waals surface area (Å²) in [4.78, 5) is 22.9. The number of hydrogen-bond donors (Lipinski definition) is 3. The van der Waals surface area contributed by atoms with E-state index in [2.05, 4.69) is 10.0 Å². The van der Waals surface area contributed by atoms with E-state index in [0.717, 1.165) is 12.1 Å². The average Bonchev–Trinajstić information content (AvgIpc) is 2.34. The van der Waals surface area contributed by atoms with E-state index >= 15 is 0 Å². The standard InChI is InChI=1S/C15H22N2O5S/c1-9(2)16-13(18)10-6-7-11(14(19)20)12(8-10)23(21,22)17-15(3,4)5/h6-9,17H,1-5H3,(H,16,18)(H,19,20). The molecule has 0 heterocycles. The summed E-state index contributed by atoms with van der Waals surface area (Å²) in [5, 5.41) is 11.8. The van der Waals surface area contributed by atoms with Crippen LogP contribution in [-0.2, 0) is 10.0 Å². The first-order valence-electron chi connectivity index (χ1n) is 7.05. The van der Waals surface area contributed by atoms with Gasteiger partial charge in [0.05, 0.1) is 10.5 Å². The van der Waals surface area contributed by atoms with Gasteiger partial charge in [0.25, 0.3) is 5.91 Å². The van der Waals surface area contributed by atoms with Crippen LogP contribution in [0.25, 0.3) is 0 Å². The predicted octanol–water partition coefficient (Wildman–Crippen LogP) is 1.60. The van der Waals surface area contributed by atoms with Crippen molar-refractivity contribution in [1.29, 1.82) is 0 Å². The second-order valence-corrected chi connectivity index (χ2v) is 8.15. The fourth-order valence-electron chi connectivity index (χ4n) is 1.87. The molecule has 0 fully saturated rings. The Hall–Kier alpha value is -1.93. The first-order valence-corrected chi connectivity index (χ1v) is 8.54. The van der Waals surface area contributed by atoms with Gasteiger partial charge < -0.3 is 10.4 Å². The van der Waals surface area contributed by atoms with Crippen LogP contribution in [0.3, 0.4) is 0 Å². The number of amides is 1. The van der Waals surface area contributed by atoms with E-state index in [1.54, 1.807) is 34.6 Å². The fraction of sp³-hybridized carbons (Fsp3) is 0.467. The van der Waals surface area contributed by atoms with Crippen molar-refractivity contribution in [2.75, 3.05) is 0 Å². The molecule has 0 radical (unpaired) electrons. The quantitative estimate of drug-likeness (QED) is 0.752. The first-order chi connectivity index (χ1) is 10.3. The van der Waals surface area contributed by atoms with Crippen LogP contribution in [0.4, 0.5) is 0 Å². The fourth-order valence-corrected chi connectivity index (χ4v) is 3.51. The van der Waals surface area contributed by atoms with Gasteiger partial charge in [-0.3, -0.25) is 4.79 Å². The van der Waals surface area contributed by atoms with E-state index < -0.39 is 32.3 Å². The molecule has 1 rings (SSSR count). The maximum absolute atomic E-state index is 12.5. The number of nitrogens with one attached hydrogen (secondary N) is 2. The minimum Gasteiger partial charge on any atom is -0.478 e. The maximum Gasteiger partial charge on any atom is 0.337 e. The average molecular weight is 342 g/mol. The van der Waals surface area contributed by atoms with Crippen molar-refractivity contribution in [1.82, 2.24) is 10.0 Å². The Kier molecular flexibility index (Phi) is 5.55. The van der Waals surface area contributed by atoms with Gasteiger partial charge in [0.15, 0.2) is 0 Å². The second kappa shape index (κ2) is 6.67. The molecule has 0 aromatic heterocycles. The van der Waals surface area contributed by atoms with Gasteiger partial charge >= 0.3 is 5.97 Å². The molecule has 0 unspecified atom stereocenters. The highest BCUT2D eigenvalue weighted by molar-refractivity contribution is 7.89. The lowest BCUT2D eigenvalue weighted by Gasteiger charge is -2.21. The SMILES string of the molecule is CC(C)NC(=O)c1ccc(C(=O)O)c(S(=O)(=O)NC(C)(C)C)c1. The van der Waals surface area contributed by atoms with E-state index in [-0.39, 0.29) is 17.2 Å². The van der Waals surface area contributed by atoms with Crippen LogP contribution in [0.5, 0.6) is 0 Å². The summed E-state index contributed by atoms with van der Waals surface area (Å²) >= 11 is 0. The van der Waals surface area contributed by atoms with Gasteiger partial charge in [0.2, 0.25) is 10.0 Å². The Labute approximate surface area is 136 Å².